The molecule has 0 saturated heterocycles. The molecule has 0 aromatic heterocycles. The topological polar surface area (TPSA) is 50.7 Å². The van der Waals surface area contributed by atoms with Gasteiger partial charge in [0, 0.05) is 12.6 Å². The molecule has 0 heterocycles. The van der Waals surface area contributed by atoms with Crippen molar-refractivity contribution in [3.63, 3.8) is 0 Å². The zero-order chi connectivity index (χ0) is 14.9. The van der Waals surface area contributed by atoms with E-state index in [4.69, 9.17) is 4.74 Å². The molecule has 1 amide bonds. The fourth-order valence-corrected chi connectivity index (χ4v) is 1.70. The van der Waals surface area contributed by atoms with Gasteiger partial charge >= 0.3 is 0 Å². The molecule has 108 valence electrons. The minimum atomic E-state index is -0.278. The van der Waals surface area contributed by atoms with Gasteiger partial charge in [0.15, 0.2) is 6.61 Å². The van der Waals surface area contributed by atoms with Crippen LogP contribution in [0.15, 0.2) is 59.7 Å². The number of rotatable bonds is 6. The average molecular weight is 282 g/mol. The molecule has 2 aromatic carbocycles. The number of nitrogens with zero attached hydrogens (tertiary/aromatic N) is 1. The summed E-state index contributed by atoms with van der Waals surface area (Å²) in [4.78, 5) is 11.5. The number of ether oxygens (including phenoxy) is 1. The van der Waals surface area contributed by atoms with Crippen molar-refractivity contribution in [2.75, 3.05) is 6.61 Å². The van der Waals surface area contributed by atoms with Crippen LogP contribution >= 0.6 is 0 Å². The maximum atomic E-state index is 11.5. The molecule has 0 atom stereocenters. The third-order valence-electron chi connectivity index (χ3n) is 2.84. The van der Waals surface area contributed by atoms with Gasteiger partial charge in [-0.2, -0.15) is 5.10 Å². The lowest BCUT2D eigenvalue weighted by Gasteiger charge is -2.04. The summed E-state index contributed by atoms with van der Waals surface area (Å²) in [5.74, 6) is 0.393. The first kappa shape index (κ1) is 14.8. The minimum absolute atomic E-state index is 0.0499. The monoisotopic (exact) mass is 282 g/mol. The molecule has 0 spiro atoms. The largest absolute Gasteiger partial charge is 0.484 e. The smallest absolute Gasteiger partial charge is 0.277 e. The Labute approximate surface area is 124 Å². The van der Waals surface area contributed by atoms with E-state index < -0.39 is 0 Å². The fourth-order valence-electron chi connectivity index (χ4n) is 1.70. The molecule has 0 aliphatic rings. The molecule has 4 nitrogen and oxygen atoms in total. The fraction of sp³-hybridized carbons (Fsp3) is 0.176. The molecule has 0 aliphatic carbocycles. The Kier molecular flexibility index (Phi) is 5.52. The number of carbonyl (C=O) groups is 1. The second-order valence-electron chi connectivity index (χ2n) is 4.64. The number of hydrogen-bond acceptors (Lipinski definition) is 3. The Morgan fingerprint density at radius 1 is 1.14 bits per heavy atom. The highest BCUT2D eigenvalue weighted by molar-refractivity contribution is 5.78. The van der Waals surface area contributed by atoms with Crippen LogP contribution in [-0.2, 0) is 11.2 Å². The number of amides is 1. The molecule has 0 saturated carbocycles. The van der Waals surface area contributed by atoms with Gasteiger partial charge in [0.1, 0.15) is 5.75 Å². The van der Waals surface area contributed by atoms with Gasteiger partial charge in [-0.1, -0.05) is 48.0 Å². The first-order chi connectivity index (χ1) is 10.2. The lowest BCUT2D eigenvalue weighted by atomic mass is 10.2. The molecule has 0 bridgehead atoms. The number of hydrazone groups is 1. The zero-order valence-electron chi connectivity index (χ0n) is 12.0. The van der Waals surface area contributed by atoms with Crippen LogP contribution < -0.4 is 10.2 Å². The normalized spacial score (nSPS) is 10.5. The van der Waals surface area contributed by atoms with Crippen LogP contribution in [0.4, 0.5) is 0 Å². The van der Waals surface area contributed by atoms with Gasteiger partial charge in [-0.15, -0.1) is 0 Å². The molecule has 0 radical (unpaired) electrons. The predicted molar refractivity (Wildman–Crippen MR) is 83.5 cm³/mol. The maximum Gasteiger partial charge on any atom is 0.277 e. The molecule has 2 rings (SSSR count). The predicted octanol–water partition coefficient (Wildman–Crippen LogP) is 2.72. The first-order valence-corrected chi connectivity index (χ1v) is 6.78. The number of nitrogens with one attached hydrogen (secondary N) is 1. The van der Waals surface area contributed by atoms with Crippen molar-refractivity contribution in [3.8, 4) is 5.75 Å². The molecule has 0 aliphatic heterocycles. The summed E-state index contributed by atoms with van der Waals surface area (Å²) in [6, 6.07) is 17.5. The number of aryl methyl sites for hydroxylation is 1. The van der Waals surface area contributed by atoms with Crippen molar-refractivity contribution in [1.29, 1.82) is 0 Å². The summed E-state index contributed by atoms with van der Waals surface area (Å²) in [6.07, 6.45) is 2.35. The second kappa shape index (κ2) is 7.85. The summed E-state index contributed by atoms with van der Waals surface area (Å²) in [6.45, 7) is 1.95. The zero-order valence-corrected chi connectivity index (χ0v) is 12.0. The van der Waals surface area contributed by atoms with E-state index in [2.05, 4.69) is 10.5 Å². The summed E-state index contributed by atoms with van der Waals surface area (Å²) in [5.41, 5.74) is 4.74. The first-order valence-electron chi connectivity index (χ1n) is 6.78. The van der Waals surface area contributed by atoms with Crippen molar-refractivity contribution >= 4 is 12.1 Å². The molecule has 0 fully saturated rings. The van der Waals surface area contributed by atoms with E-state index >= 15 is 0 Å². The van der Waals surface area contributed by atoms with E-state index in [0.29, 0.717) is 12.2 Å². The third-order valence-corrected chi connectivity index (χ3v) is 2.84. The van der Waals surface area contributed by atoms with Crippen LogP contribution in [0.25, 0.3) is 0 Å². The van der Waals surface area contributed by atoms with E-state index in [9.17, 15) is 4.79 Å². The van der Waals surface area contributed by atoms with Crippen molar-refractivity contribution in [1.82, 2.24) is 5.43 Å². The Bertz CT molecular complexity index is 592. The molecule has 21 heavy (non-hydrogen) atoms. The van der Waals surface area contributed by atoms with E-state index in [0.717, 1.165) is 11.1 Å². The summed E-state index contributed by atoms with van der Waals surface area (Å²) in [5, 5.41) is 3.89. The summed E-state index contributed by atoms with van der Waals surface area (Å²) >= 11 is 0. The molecule has 1 N–H and O–H groups in total. The van der Waals surface area contributed by atoms with Crippen LogP contribution in [0.2, 0.25) is 0 Å². The molecule has 0 unspecified atom stereocenters. The van der Waals surface area contributed by atoms with E-state index in [1.807, 2.05) is 61.5 Å². The quantitative estimate of drug-likeness (QED) is 0.654. The van der Waals surface area contributed by atoms with E-state index in [1.165, 1.54) is 0 Å². The highest BCUT2D eigenvalue weighted by atomic mass is 16.5. The Balaban J connectivity index is 1.69. The van der Waals surface area contributed by atoms with Gasteiger partial charge in [0.05, 0.1) is 0 Å². The van der Waals surface area contributed by atoms with Crippen LogP contribution in [0.3, 0.4) is 0 Å². The standard InChI is InChI=1S/C17H18N2O2/c1-14-7-9-16(10-8-14)21-13-17(20)19-18-12-11-15-5-3-2-4-6-15/h2-10,12H,11,13H2,1H3,(H,19,20). The Hall–Kier alpha value is -2.62. The van der Waals surface area contributed by atoms with Gasteiger partial charge in [-0.25, -0.2) is 5.43 Å². The van der Waals surface area contributed by atoms with Crippen molar-refractivity contribution < 1.29 is 9.53 Å². The van der Waals surface area contributed by atoms with Crippen LogP contribution in [0, 0.1) is 6.92 Å². The van der Waals surface area contributed by atoms with Crippen molar-refractivity contribution in [2.24, 2.45) is 5.10 Å². The van der Waals surface area contributed by atoms with Gasteiger partial charge < -0.3 is 4.74 Å². The lowest BCUT2D eigenvalue weighted by molar-refractivity contribution is -0.123. The van der Waals surface area contributed by atoms with Crippen LogP contribution in [0.5, 0.6) is 5.75 Å². The third kappa shape index (κ3) is 5.48. The van der Waals surface area contributed by atoms with Crippen LogP contribution in [0.1, 0.15) is 11.1 Å². The lowest BCUT2D eigenvalue weighted by Crippen LogP contribution is -2.24. The molecular weight excluding hydrogens is 264 g/mol. The van der Waals surface area contributed by atoms with Crippen molar-refractivity contribution in [3.05, 3.63) is 65.7 Å². The summed E-state index contributed by atoms with van der Waals surface area (Å²) < 4.78 is 5.35. The van der Waals surface area contributed by atoms with Gasteiger partial charge in [-0.05, 0) is 24.6 Å². The van der Waals surface area contributed by atoms with E-state index in [-0.39, 0.29) is 12.5 Å². The second-order valence-corrected chi connectivity index (χ2v) is 4.64. The maximum absolute atomic E-state index is 11.5. The number of hydrogen-bond donors (Lipinski definition) is 1. The average Bonchev–Trinajstić information content (AvgIpc) is 2.52. The number of carbonyl (C=O) groups excluding carboxylic acids is 1. The van der Waals surface area contributed by atoms with Crippen LogP contribution in [-0.4, -0.2) is 18.7 Å². The Morgan fingerprint density at radius 2 is 1.86 bits per heavy atom. The van der Waals surface area contributed by atoms with Gasteiger partial charge in [-0.3, -0.25) is 4.79 Å². The summed E-state index contributed by atoms with van der Waals surface area (Å²) in [7, 11) is 0. The van der Waals surface area contributed by atoms with Gasteiger partial charge in [0.2, 0.25) is 0 Å². The number of benzene rings is 2. The van der Waals surface area contributed by atoms with Crippen molar-refractivity contribution in [2.45, 2.75) is 13.3 Å². The van der Waals surface area contributed by atoms with Gasteiger partial charge in [0.25, 0.3) is 5.91 Å². The molecular formula is C17H18N2O2. The van der Waals surface area contributed by atoms with E-state index in [1.54, 1.807) is 6.21 Å². The highest BCUT2D eigenvalue weighted by Crippen LogP contribution is 2.10. The minimum Gasteiger partial charge on any atom is -0.484 e. The highest BCUT2D eigenvalue weighted by Gasteiger charge is 2.00. The SMILES string of the molecule is Cc1ccc(OCC(=O)NN=CCc2ccccc2)cc1. The molecule has 2 aromatic rings. The molecule has 4 heteroatoms. The Morgan fingerprint density at radius 3 is 2.57 bits per heavy atom.